The van der Waals surface area contributed by atoms with Crippen LogP contribution < -0.4 is 10.1 Å². The fourth-order valence-corrected chi connectivity index (χ4v) is 5.53. The third kappa shape index (κ3) is 3.06. The predicted octanol–water partition coefficient (Wildman–Crippen LogP) is 3.35. The number of hydrogen-bond donors (Lipinski definition) is 1. The van der Waals surface area contributed by atoms with Gasteiger partial charge in [0.2, 0.25) is 0 Å². The van der Waals surface area contributed by atoms with Gasteiger partial charge in [0.15, 0.2) is 12.4 Å². The van der Waals surface area contributed by atoms with Crippen molar-refractivity contribution in [2.75, 3.05) is 6.61 Å². The summed E-state index contributed by atoms with van der Waals surface area (Å²) in [6, 6.07) is 6.95. The van der Waals surface area contributed by atoms with Gasteiger partial charge >= 0.3 is 0 Å². The smallest absolute Gasteiger partial charge is 0.258 e. The minimum Gasteiger partial charge on any atom is -0.484 e. The Kier molecular flexibility index (Phi) is 3.86. The molecule has 4 aliphatic carbocycles. The first-order chi connectivity index (χ1) is 11.5. The van der Waals surface area contributed by atoms with Crippen LogP contribution in [0.25, 0.3) is 0 Å². The lowest BCUT2D eigenvalue weighted by Gasteiger charge is -2.56. The molecular weight excluding hydrogens is 302 g/mol. The summed E-state index contributed by atoms with van der Waals surface area (Å²) < 4.78 is 5.59. The average Bonchev–Trinajstić information content (AvgIpc) is 2.51. The van der Waals surface area contributed by atoms with Crippen LogP contribution in [0.5, 0.6) is 5.75 Å². The van der Waals surface area contributed by atoms with Gasteiger partial charge in [-0.2, -0.15) is 0 Å². The summed E-state index contributed by atoms with van der Waals surface area (Å²) >= 11 is 0. The van der Waals surface area contributed by atoms with E-state index in [9.17, 15) is 9.59 Å². The lowest BCUT2D eigenvalue weighted by molar-refractivity contribution is -0.128. The molecule has 0 heterocycles. The molecule has 0 atom stereocenters. The monoisotopic (exact) mass is 327 g/mol. The summed E-state index contributed by atoms with van der Waals surface area (Å²) in [6.07, 6.45) is 7.56. The minimum absolute atomic E-state index is 0.0207. The summed E-state index contributed by atoms with van der Waals surface area (Å²) in [5.41, 5.74) is 0.689. The van der Waals surface area contributed by atoms with Gasteiger partial charge < -0.3 is 10.1 Å². The van der Waals surface area contributed by atoms with Crippen LogP contribution in [-0.4, -0.2) is 23.8 Å². The van der Waals surface area contributed by atoms with Gasteiger partial charge in [-0.05, 0) is 87.5 Å². The SMILES string of the molecule is CC(=O)c1ccc(OCC(=O)NC23CC4CC(CC(C4)C2)C3)cc1. The van der Waals surface area contributed by atoms with Crippen molar-refractivity contribution < 1.29 is 14.3 Å². The number of hydrogen-bond acceptors (Lipinski definition) is 3. The van der Waals surface area contributed by atoms with Crippen molar-refractivity contribution in [3.05, 3.63) is 29.8 Å². The third-order valence-electron chi connectivity index (χ3n) is 6.07. The van der Waals surface area contributed by atoms with Gasteiger partial charge in [0.25, 0.3) is 5.91 Å². The van der Waals surface area contributed by atoms with Crippen LogP contribution in [0, 0.1) is 17.8 Å². The van der Waals surface area contributed by atoms with E-state index in [-0.39, 0.29) is 23.8 Å². The molecule has 0 spiro atoms. The highest BCUT2D eigenvalue weighted by Gasteiger charge is 2.51. The number of Topliss-reactive ketones (excluding diaryl/α,β-unsaturated/α-hetero) is 1. The van der Waals surface area contributed by atoms with Crippen LogP contribution in [0.3, 0.4) is 0 Å². The fraction of sp³-hybridized carbons (Fsp3) is 0.600. The van der Waals surface area contributed by atoms with Crippen molar-refractivity contribution in [1.29, 1.82) is 0 Å². The number of carbonyl (C=O) groups excluding carboxylic acids is 2. The molecular formula is C20H25NO3. The average molecular weight is 327 g/mol. The first-order valence-corrected chi connectivity index (χ1v) is 9.06. The van der Waals surface area contributed by atoms with Crippen LogP contribution in [-0.2, 0) is 4.79 Å². The maximum Gasteiger partial charge on any atom is 0.258 e. The third-order valence-corrected chi connectivity index (χ3v) is 6.07. The maximum absolute atomic E-state index is 12.4. The summed E-state index contributed by atoms with van der Waals surface area (Å²) in [4.78, 5) is 23.7. The number of ether oxygens (including phenoxy) is 1. The van der Waals surface area contributed by atoms with Gasteiger partial charge in [0.05, 0.1) is 0 Å². The summed E-state index contributed by atoms with van der Waals surface area (Å²) in [6.45, 7) is 1.58. The van der Waals surface area contributed by atoms with Crippen molar-refractivity contribution in [3.8, 4) is 5.75 Å². The van der Waals surface area contributed by atoms with Gasteiger partial charge in [-0.3, -0.25) is 9.59 Å². The highest BCUT2D eigenvalue weighted by atomic mass is 16.5. The second-order valence-corrected chi connectivity index (χ2v) is 8.12. The first kappa shape index (κ1) is 15.7. The predicted molar refractivity (Wildman–Crippen MR) is 91.0 cm³/mol. The Morgan fingerprint density at radius 3 is 2.08 bits per heavy atom. The summed E-state index contributed by atoms with van der Waals surface area (Å²) in [7, 11) is 0. The molecule has 1 N–H and O–H groups in total. The van der Waals surface area contributed by atoms with Crippen LogP contribution in [0.1, 0.15) is 55.8 Å². The molecule has 24 heavy (non-hydrogen) atoms. The van der Waals surface area contributed by atoms with E-state index in [0.29, 0.717) is 11.3 Å². The summed E-state index contributed by atoms with van der Waals surface area (Å²) in [5, 5.41) is 3.31. The van der Waals surface area contributed by atoms with E-state index in [1.54, 1.807) is 24.3 Å². The Hall–Kier alpha value is -1.84. The normalized spacial score (nSPS) is 33.3. The van der Waals surface area contributed by atoms with E-state index in [1.165, 1.54) is 26.2 Å². The van der Waals surface area contributed by atoms with Gasteiger partial charge in [-0.25, -0.2) is 0 Å². The molecule has 0 saturated heterocycles. The Bertz CT molecular complexity index is 614. The number of nitrogens with one attached hydrogen (secondary N) is 1. The van der Waals surface area contributed by atoms with Crippen LogP contribution in [0.15, 0.2) is 24.3 Å². The molecule has 0 aliphatic heterocycles. The van der Waals surface area contributed by atoms with E-state index in [0.717, 1.165) is 37.0 Å². The highest BCUT2D eigenvalue weighted by Crippen LogP contribution is 2.55. The molecule has 0 aromatic heterocycles. The largest absolute Gasteiger partial charge is 0.484 e. The van der Waals surface area contributed by atoms with Crippen LogP contribution >= 0.6 is 0 Å². The molecule has 4 bridgehead atoms. The second-order valence-electron chi connectivity index (χ2n) is 8.12. The summed E-state index contributed by atoms with van der Waals surface area (Å²) in [5.74, 6) is 3.08. The number of amides is 1. The van der Waals surface area contributed by atoms with Crippen molar-refractivity contribution in [2.24, 2.45) is 17.8 Å². The van der Waals surface area contributed by atoms with Crippen molar-refractivity contribution in [3.63, 3.8) is 0 Å². The molecule has 0 unspecified atom stereocenters. The Morgan fingerprint density at radius 2 is 1.58 bits per heavy atom. The standard InChI is InChI=1S/C20H25NO3/c1-13(22)17-2-4-18(5-3-17)24-12-19(23)21-20-9-14-6-15(10-20)8-16(7-14)11-20/h2-5,14-16H,6-12H2,1H3,(H,21,23). The highest BCUT2D eigenvalue weighted by molar-refractivity contribution is 5.94. The topological polar surface area (TPSA) is 55.4 Å². The molecule has 4 heteroatoms. The number of benzene rings is 1. The van der Waals surface area contributed by atoms with Gasteiger partial charge in [0.1, 0.15) is 5.75 Å². The van der Waals surface area contributed by atoms with E-state index in [2.05, 4.69) is 5.32 Å². The molecule has 4 fully saturated rings. The molecule has 5 rings (SSSR count). The van der Waals surface area contributed by atoms with Crippen LogP contribution in [0.4, 0.5) is 0 Å². The molecule has 4 nitrogen and oxygen atoms in total. The van der Waals surface area contributed by atoms with E-state index in [4.69, 9.17) is 4.74 Å². The van der Waals surface area contributed by atoms with Gasteiger partial charge in [0, 0.05) is 11.1 Å². The zero-order valence-corrected chi connectivity index (χ0v) is 14.2. The fourth-order valence-electron chi connectivity index (χ4n) is 5.53. The quantitative estimate of drug-likeness (QED) is 0.844. The Labute approximate surface area is 143 Å². The van der Waals surface area contributed by atoms with E-state index in [1.807, 2.05) is 0 Å². The molecule has 4 aliphatic rings. The van der Waals surface area contributed by atoms with E-state index < -0.39 is 0 Å². The van der Waals surface area contributed by atoms with Crippen molar-refractivity contribution >= 4 is 11.7 Å². The molecule has 0 radical (unpaired) electrons. The van der Waals surface area contributed by atoms with Gasteiger partial charge in [-0.15, -0.1) is 0 Å². The maximum atomic E-state index is 12.4. The number of ketones is 1. The molecule has 1 aromatic rings. The zero-order chi connectivity index (χ0) is 16.7. The number of carbonyl (C=O) groups is 2. The molecule has 128 valence electrons. The second kappa shape index (κ2) is 5.91. The molecule has 1 amide bonds. The van der Waals surface area contributed by atoms with Crippen molar-refractivity contribution in [1.82, 2.24) is 5.32 Å². The molecule has 4 saturated carbocycles. The number of rotatable bonds is 5. The molecule has 1 aromatic carbocycles. The van der Waals surface area contributed by atoms with Crippen LogP contribution in [0.2, 0.25) is 0 Å². The Morgan fingerprint density at radius 1 is 1.04 bits per heavy atom. The lowest BCUT2D eigenvalue weighted by Crippen LogP contribution is -2.60. The lowest BCUT2D eigenvalue weighted by atomic mass is 9.53. The zero-order valence-electron chi connectivity index (χ0n) is 14.2. The van der Waals surface area contributed by atoms with E-state index >= 15 is 0 Å². The van der Waals surface area contributed by atoms with Gasteiger partial charge in [-0.1, -0.05) is 0 Å². The van der Waals surface area contributed by atoms with Crippen molar-refractivity contribution in [2.45, 2.75) is 51.0 Å². The first-order valence-electron chi connectivity index (χ1n) is 9.06. The Balaban J connectivity index is 1.33. The minimum atomic E-state index is -0.0207.